The van der Waals surface area contributed by atoms with Gasteiger partial charge in [-0.25, -0.2) is 0 Å². The van der Waals surface area contributed by atoms with Crippen LogP contribution in [-0.2, 0) is 4.79 Å². The van der Waals surface area contributed by atoms with E-state index in [0.717, 1.165) is 16.2 Å². The maximum absolute atomic E-state index is 11.4. The number of carboxylic acids is 1. The van der Waals surface area contributed by atoms with Gasteiger partial charge in [0.25, 0.3) is 5.22 Å². The van der Waals surface area contributed by atoms with Gasteiger partial charge in [-0.1, -0.05) is 21.9 Å². The molecule has 23 heavy (non-hydrogen) atoms. The van der Waals surface area contributed by atoms with E-state index in [1.807, 2.05) is 0 Å². The lowest BCUT2D eigenvalue weighted by molar-refractivity contribution is -0.298. The van der Waals surface area contributed by atoms with E-state index in [-0.39, 0.29) is 16.7 Å². The molecule has 6 nitrogen and oxygen atoms in total. The first-order valence-corrected chi connectivity index (χ1v) is 7.87. The average molecular weight is 394 g/mol. The van der Waals surface area contributed by atoms with Crippen molar-refractivity contribution < 1.29 is 19.1 Å². The second kappa shape index (κ2) is 7.85. The van der Waals surface area contributed by atoms with Gasteiger partial charge in [0.1, 0.15) is 12.4 Å². The van der Waals surface area contributed by atoms with Gasteiger partial charge in [0.05, 0.1) is 5.97 Å². The molecule has 0 spiro atoms. The SMILES string of the molecule is C#CCOc1ccc(Br)cc1/C=C(\Sc1nnc(C)o1)C(=O)[O-]. The van der Waals surface area contributed by atoms with Crippen LogP contribution < -0.4 is 9.84 Å². The van der Waals surface area contributed by atoms with E-state index in [2.05, 4.69) is 32.0 Å². The highest BCUT2D eigenvalue weighted by atomic mass is 79.9. The first-order chi connectivity index (χ1) is 11.0. The van der Waals surface area contributed by atoms with Crippen molar-refractivity contribution in [3.8, 4) is 18.1 Å². The highest BCUT2D eigenvalue weighted by Gasteiger charge is 2.11. The van der Waals surface area contributed by atoms with Crippen molar-refractivity contribution in [3.05, 3.63) is 39.0 Å². The van der Waals surface area contributed by atoms with Gasteiger partial charge in [0.15, 0.2) is 0 Å². The molecular formula is C15H10BrN2O4S-. The summed E-state index contributed by atoms with van der Waals surface area (Å²) in [7, 11) is 0. The van der Waals surface area contributed by atoms with Crippen LogP contribution in [0.15, 0.2) is 37.2 Å². The Hall–Kier alpha value is -2.24. The van der Waals surface area contributed by atoms with E-state index >= 15 is 0 Å². The molecule has 0 bridgehead atoms. The van der Waals surface area contributed by atoms with Crippen LogP contribution in [0.4, 0.5) is 0 Å². The molecule has 2 aromatic rings. The lowest BCUT2D eigenvalue weighted by Crippen LogP contribution is -2.23. The molecule has 0 aliphatic rings. The van der Waals surface area contributed by atoms with Crippen LogP contribution in [0.25, 0.3) is 6.08 Å². The number of carbonyl (C=O) groups excluding carboxylic acids is 1. The molecular weight excluding hydrogens is 384 g/mol. The fraction of sp³-hybridized carbons (Fsp3) is 0.133. The van der Waals surface area contributed by atoms with E-state index in [4.69, 9.17) is 15.6 Å². The second-order valence-corrected chi connectivity index (χ2v) is 6.07. The first-order valence-electron chi connectivity index (χ1n) is 6.26. The van der Waals surface area contributed by atoms with Gasteiger partial charge in [-0.05, 0) is 36.0 Å². The third-order valence-electron chi connectivity index (χ3n) is 2.48. The summed E-state index contributed by atoms with van der Waals surface area (Å²) >= 11 is 4.12. The molecule has 1 heterocycles. The molecule has 118 valence electrons. The number of aliphatic carboxylic acids is 1. The number of carbonyl (C=O) groups is 1. The zero-order valence-corrected chi connectivity index (χ0v) is 14.3. The highest BCUT2D eigenvalue weighted by molar-refractivity contribution is 9.10. The van der Waals surface area contributed by atoms with Crippen molar-refractivity contribution in [3.63, 3.8) is 0 Å². The predicted octanol–water partition coefficient (Wildman–Crippen LogP) is 2.04. The van der Waals surface area contributed by atoms with Gasteiger partial charge < -0.3 is 19.1 Å². The molecule has 1 aromatic carbocycles. The third kappa shape index (κ3) is 4.87. The minimum Gasteiger partial charge on any atom is -0.544 e. The molecule has 0 N–H and O–H groups in total. The monoisotopic (exact) mass is 393 g/mol. The first kappa shape index (κ1) is 17.1. The molecule has 1 aromatic heterocycles. The van der Waals surface area contributed by atoms with E-state index in [0.29, 0.717) is 17.2 Å². The number of halogens is 1. The zero-order chi connectivity index (χ0) is 16.8. The Kier molecular flexibility index (Phi) is 5.84. The predicted molar refractivity (Wildman–Crippen MR) is 86.3 cm³/mol. The van der Waals surface area contributed by atoms with Gasteiger partial charge >= 0.3 is 0 Å². The van der Waals surface area contributed by atoms with Crippen molar-refractivity contribution in [1.82, 2.24) is 10.2 Å². The Balaban J connectivity index is 2.36. The van der Waals surface area contributed by atoms with Crippen LogP contribution in [0.5, 0.6) is 5.75 Å². The number of aromatic nitrogens is 2. The fourth-order valence-corrected chi connectivity index (χ4v) is 2.65. The van der Waals surface area contributed by atoms with Crippen LogP contribution in [0, 0.1) is 19.3 Å². The average Bonchev–Trinajstić information content (AvgIpc) is 2.91. The number of terminal acetylenes is 1. The topological polar surface area (TPSA) is 88.3 Å². The normalized spacial score (nSPS) is 11.1. The summed E-state index contributed by atoms with van der Waals surface area (Å²) in [5, 5.41) is 18.9. The Bertz CT molecular complexity index is 795. The van der Waals surface area contributed by atoms with E-state index in [1.165, 1.54) is 6.08 Å². The summed E-state index contributed by atoms with van der Waals surface area (Å²) in [5.41, 5.74) is 0.526. The standard InChI is InChI=1S/C15H11BrN2O4S/c1-3-6-21-12-5-4-11(16)7-10(12)8-13(14(19)20)23-15-18-17-9(2)22-15/h1,4-5,7-8H,6H2,2H3,(H,19,20)/p-1/b13-8-. The van der Waals surface area contributed by atoms with Crippen molar-refractivity contribution in [1.29, 1.82) is 0 Å². The van der Waals surface area contributed by atoms with Crippen LogP contribution in [0.1, 0.15) is 11.5 Å². The summed E-state index contributed by atoms with van der Waals surface area (Å²) < 4.78 is 11.3. The number of benzene rings is 1. The van der Waals surface area contributed by atoms with E-state index < -0.39 is 5.97 Å². The number of hydrogen-bond donors (Lipinski definition) is 0. The molecule has 8 heteroatoms. The second-order valence-electron chi connectivity index (χ2n) is 4.16. The lowest BCUT2D eigenvalue weighted by Gasteiger charge is -2.10. The van der Waals surface area contributed by atoms with Gasteiger partial charge in [-0.15, -0.1) is 16.6 Å². The quantitative estimate of drug-likeness (QED) is 0.421. The number of thioether (sulfide) groups is 1. The molecule has 0 fully saturated rings. The molecule has 0 unspecified atom stereocenters. The van der Waals surface area contributed by atoms with Gasteiger partial charge in [-0.2, -0.15) is 0 Å². The molecule has 0 amide bonds. The van der Waals surface area contributed by atoms with Crippen molar-refractivity contribution >= 4 is 39.7 Å². The van der Waals surface area contributed by atoms with Gasteiger partial charge in [0, 0.05) is 21.9 Å². The largest absolute Gasteiger partial charge is 0.544 e. The summed E-state index contributed by atoms with van der Waals surface area (Å²) in [6.45, 7) is 1.68. The highest BCUT2D eigenvalue weighted by Crippen LogP contribution is 2.31. The number of carboxylic acid groups (broad SMARTS) is 1. The Morgan fingerprint density at radius 1 is 1.57 bits per heavy atom. The lowest BCUT2D eigenvalue weighted by atomic mass is 10.2. The van der Waals surface area contributed by atoms with E-state index in [1.54, 1.807) is 25.1 Å². The van der Waals surface area contributed by atoms with Crippen LogP contribution >= 0.6 is 27.7 Å². The molecule has 0 aliphatic heterocycles. The third-order valence-corrected chi connectivity index (χ3v) is 3.81. The van der Waals surface area contributed by atoms with Crippen molar-refractivity contribution in [2.45, 2.75) is 12.1 Å². The van der Waals surface area contributed by atoms with Crippen LogP contribution in [0.3, 0.4) is 0 Å². The summed E-state index contributed by atoms with van der Waals surface area (Å²) in [5.74, 6) is 1.78. The van der Waals surface area contributed by atoms with Crippen LogP contribution in [-0.4, -0.2) is 22.8 Å². The molecule has 2 rings (SSSR count). The Morgan fingerprint density at radius 3 is 2.96 bits per heavy atom. The minimum atomic E-state index is -1.37. The number of rotatable bonds is 6. The van der Waals surface area contributed by atoms with Crippen molar-refractivity contribution in [2.24, 2.45) is 0 Å². The number of hydrogen-bond acceptors (Lipinski definition) is 7. The van der Waals surface area contributed by atoms with E-state index in [9.17, 15) is 9.90 Å². The van der Waals surface area contributed by atoms with Crippen LogP contribution in [0.2, 0.25) is 0 Å². The number of nitrogens with zero attached hydrogens (tertiary/aromatic N) is 2. The Labute approximate surface area is 145 Å². The zero-order valence-electron chi connectivity index (χ0n) is 11.9. The van der Waals surface area contributed by atoms with Gasteiger partial charge in [-0.3, -0.25) is 0 Å². The maximum atomic E-state index is 11.4. The minimum absolute atomic E-state index is 0.0686. The van der Waals surface area contributed by atoms with Gasteiger partial charge in [0.2, 0.25) is 5.89 Å². The summed E-state index contributed by atoms with van der Waals surface area (Å²) in [6, 6.07) is 5.15. The fourth-order valence-electron chi connectivity index (χ4n) is 1.57. The maximum Gasteiger partial charge on any atom is 0.281 e. The molecule has 0 saturated heterocycles. The molecule has 0 saturated carbocycles. The number of ether oxygens (including phenoxy) is 1. The number of aryl methyl sites for hydroxylation is 1. The van der Waals surface area contributed by atoms with Crippen molar-refractivity contribution in [2.75, 3.05) is 6.61 Å². The molecule has 0 aliphatic carbocycles. The summed E-state index contributed by atoms with van der Waals surface area (Å²) in [6.07, 6.45) is 6.57. The summed E-state index contributed by atoms with van der Waals surface area (Å²) in [4.78, 5) is 11.3. The molecule has 0 radical (unpaired) electrons. The Morgan fingerprint density at radius 2 is 2.35 bits per heavy atom. The smallest absolute Gasteiger partial charge is 0.281 e. The molecule has 0 atom stereocenters.